The molecule has 0 saturated carbocycles. The van der Waals surface area contributed by atoms with Crippen molar-refractivity contribution in [3.05, 3.63) is 65.8 Å². The van der Waals surface area contributed by atoms with Gasteiger partial charge in [-0.25, -0.2) is 4.98 Å². The summed E-state index contributed by atoms with van der Waals surface area (Å²) >= 11 is 0. The number of methoxy groups -OCH3 is 1. The molecular weight excluding hydrogens is 264 g/mol. The molecule has 106 valence electrons. The van der Waals surface area contributed by atoms with Gasteiger partial charge in [-0.2, -0.15) is 0 Å². The molecule has 1 aromatic carbocycles. The quantitative estimate of drug-likeness (QED) is 0.873. The lowest BCUT2D eigenvalue weighted by molar-refractivity contribution is 0.103. The molecule has 1 N–H and O–H groups in total. The molecule has 0 unspecified atom stereocenters. The predicted octanol–water partition coefficient (Wildman–Crippen LogP) is 3.38. The molecule has 0 aliphatic heterocycles. The van der Waals surface area contributed by atoms with E-state index in [1.807, 2.05) is 6.08 Å². The summed E-state index contributed by atoms with van der Waals surface area (Å²) in [4.78, 5) is 19.8. The van der Waals surface area contributed by atoms with Crippen LogP contribution in [0, 0.1) is 0 Å². The minimum absolute atomic E-state index is 0.0724. The Morgan fingerprint density at radius 2 is 2.05 bits per heavy atom. The van der Waals surface area contributed by atoms with E-state index >= 15 is 0 Å². The summed E-state index contributed by atoms with van der Waals surface area (Å²) < 4.78 is 5.09. The molecule has 0 radical (unpaired) electrons. The van der Waals surface area contributed by atoms with E-state index in [2.05, 4.69) is 22.1 Å². The van der Waals surface area contributed by atoms with Gasteiger partial charge in [-0.15, -0.1) is 0 Å². The highest BCUT2D eigenvalue weighted by Crippen LogP contribution is 2.20. The minimum atomic E-state index is -0.0724. The van der Waals surface area contributed by atoms with Crippen LogP contribution in [0.15, 0.2) is 48.7 Å². The first-order valence-electron chi connectivity index (χ1n) is 6.89. The van der Waals surface area contributed by atoms with Crippen LogP contribution >= 0.6 is 0 Å². The smallest absolute Gasteiger partial charge is 0.210 e. The van der Waals surface area contributed by atoms with Crippen LogP contribution in [0.1, 0.15) is 34.7 Å². The maximum Gasteiger partial charge on any atom is 0.210 e. The fourth-order valence-corrected chi connectivity index (χ4v) is 2.27. The van der Waals surface area contributed by atoms with Gasteiger partial charge in [0.2, 0.25) is 5.78 Å². The van der Waals surface area contributed by atoms with Crippen molar-refractivity contribution in [1.82, 2.24) is 9.97 Å². The molecule has 21 heavy (non-hydrogen) atoms. The van der Waals surface area contributed by atoms with Gasteiger partial charge in [-0.1, -0.05) is 18.2 Å². The summed E-state index contributed by atoms with van der Waals surface area (Å²) in [6.07, 6.45) is 9.93. The summed E-state index contributed by atoms with van der Waals surface area (Å²) in [5, 5.41) is 0. The number of benzene rings is 1. The third-order valence-electron chi connectivity index (χ3n) is 3.44. The third-order valence-corrected chi connectivity index (χ3v) is 3.44. The van der Waals surface area contributed by atoms with Crippen molar-refractivity contribution in [2.75, 3.05) is 7.11 Å². The Morgan fingerprint density at radius 3 is 2.71 bits per heavy atom. The van der Waals surface area contributed by atoms with Crippen molar-refractivity contribution in [3.63, 3.8) is 0 Å². The Bertz CT molecular complexity index is 709. The summed E-state index contributed by atoms with van der Waals surface area (Å²) in [6, 6.07) is 7.05. The second kappa shape index (κ2) is 5.79. The van der Waals surface area contributed by atoms with Crippen LogP contribution < -0.4 is 4.74 Å². The second-order valence-corrected chi connectivity index (χ2v) is 4.84. The summed E-state index contributed by atoms with van der Waals surface area (Å²) in [7, 11) is 1.60. The van der Waals surface area contributed by atoms with Crippen molar-refractivity contribution in [2.45, 2.75) is 12.8 Å². The monoisotopic (exact) mass is 280 g/mol. The predicted molar refractivity (Wildman–Crippen MR) is 81.4 cm³/mol. The van der Waals surface area contributed by atoms with Gasteiger partial charge in [0, 0.05) is 11.1 Å². The Balaban J connectivity index is 1.83. The number of carbonyl (C=O) groups excluding carboxylic acids is 1. The van der Waals surface area contributed by atoms with Crippen molar-refractivity contribution in [2.24, 2.45) is 0 Å². The van der Waals surface area contributed by atoms with E-state index in [0.29, 0.717) is 11.3 Å². The highest BCUT2D eigenvalue weighted by Gasteiger charge is 2.13. The maximum absolute atomic E-state index is 12.4. The molecule has 0 atom stereocenters. The number of allylic oxidation sites excluding steroid dienone is 4. The third kappa shape index (κ3) is 2.79. The lowest BCUT2D eigenvalue weighted by Crippen LogP contribution is -2.02. The number of rotatable bonds is 4. The van der Waals surface area contributed by atoms with Crippen molar-refractivity contribution < 1.29 is 9.53 Å². The molecule has 3 rings (SSSR count). The Kier molecular flexibility index (Phi) is 3.69. The van der Waals surface area contributed by atoms with Crippen molar-refractivity contribution >= 4 is 11.4 Å². The summed E-state index contributed by atoms with van der Waals surface area (Å²) in [6.45, 7) is 0. The highest BCUT2D eigenvalue weighted by molar-refractivity contribution is 6.07. The Labute approximate surface area is 123 Å². The van der Waals surface area contributed by atoms with Crippen molar-refractivity contribution in [1.29, 1.82) is 0 Å². The number of nitrogens with zero attached hydrogens (tertiary/aromatic N) is 1. The molecule has 0 amide bonds. The van der Waals surface area contributed by atoms with Crippen LogP contribution in [0.3, 0.4) is 0 Å². The first-order valence-corrected chi connectivity index (χ1v) is 6.89. The molecule has 0 fully saturated rings. The Hall–Kier alpha value is -2.62. The number of aromatic amines is 1. The zero-order valence-electron chi connectivity index (χ0n) is 11.8. The van der Waals surface area contributed by atoms with Crippen LogP contribution in [0.5, 0.6) is 5.75 Å². The fraction of sp³-hybridized carbons (Fsp3) is 0.176. The van der Waals surface area contributed by atoms with E-state index in [4.69, 9.17) is 4.74 Å². The fourth-order valence-electron chi connectivity index (χ4n) is 2.27. The van der Waals surface area contributed by atoms with E-state index < -0.39 is 0 Å². The van der Waals surface area contributed by atoms with Gasteiger partial charge in [0.1, 0.15) is 17.3 Å². The highest BCUT2D eigenvalue weighted by atomic mass is 16.5. The number of hydrogen-bond donors (Lipinski definition) is 1. The number of nitrogens with one attached hydrogen (secondary N) is 1. The first-order chi connectivity index (χ1) is 10.3. The SMILES string of the molecule is COc1ccc(C(=O)c2cnc(C3=CCCC=C3)[nH]2)cc1. The van der Waals surface area contributed by atoms with Gasteiger partial charge in [-0.3, -0.25) is 4.79 Å². The lowest BCUT2D eigenvalue weighted by Gasteiger charge is -2.03. The molecule has 1 aliphatic rings. The normalized spacial score (nSPS) is 13.9. The minimum Gasteiger partial charge on any atom is -0.497 e. The van der Waals surface area contributed by atoms with Gasteiger partial charge in [0.05, 0.1) is 13.3 Å². The number of imidazole rings is 1. The van der Waals surface area contributed by atoms with E-state index in [1.165, 1.54) is 0 Å². The molecule has 0 bridgehead atoms. The van der Waals surface area contributed by atoms with Crippen LogP contribution in [0.4, 0.5) is 0 Å². The average Bonchev–Trinajstić information content (AvgIpc) is 3.05. The second-order valence-electron chi connectivity index (χ2n) is 4.84. The van der Waals surface area contributed by atoms with Crippen molar-refractivity contribution in [3.8, 4) is 5.75 Å². The number of hydrogen-bond acceptors (Lipinski definition) is 3. The maximum atomic E-state index is 12.4. The molecule has 1 heterocycles. The Morgan fingerprint density at radius 1 is 1.24 bits per heavy atom. The number of carbonyl (C=O) groups is 1. The first kappa shape index (κ1) is 13.4. The number of H-pyrrole nitrogens is 1. The zero-order chi connectivity index (χ0) is 14.7. The van der Waals surface area contributed by atoms with Crippen LogP contribution in [-0.2, 0) is 0 Å². The molecule has 0 spiro atoms. The standard InChI is InChI=1S/C17H16N2O2/c1-21-14-9-7-12(8-10-14)16(20)15-11-18-17(19-15)13-5-3-2-4-6-13/h3,5-11H,2,4H2,1H3,(H,18,19). The number of ether oxygens (including phenoxy) is 1. The van der Waals surface area contributed by atoms with E-state index in [9.17, 15) is 4.79 Å². The molecule has 2 aromatic rings. The lowest BCUT2D eigenvalue weighted by atomic mass is 10.1. The average molecular weight is 280 g/mol. The topological polar surface area (TPSA) is 55.0 Å². The van der Waals surface area contributed by atoms with Crippen LogP contribution in [0.2, 0.25) is 0 Å². The summed E-state index contributed by atoms with van der Waals surface area (Å²) in [5.41, 5.74) is 2.14. The van der Waals surface area contributed by atoms with Gasteiger partial charge in [-0.05, 0) is 37.1 Å². The molecule has 1 aliphatic carbocycles. The summed E-state index contributed by atoms with van der Waals surface area (Å²) in [5.74, 6) is 1.40. The van der Waals surface area contributed by atoms with Gasteiger partial charge >= 0.3 is 0 Å². The van der Waals surface area contributed by atoms with Gasteiger partial charge in [0.25, 0.3) is 0 Å². The zero-order valence-corrected chi connectivity index (χ0v) is 11.8. The molecule has 4 heteroatoms. The molecule has 1 aromatic heterocycles. The largest absolute Gasteiger partial charge is 0.497 e. The number of ketones is 1. The molecule has 0 saturated heterocycles. The van der Waals surface area contributed by atoms with Crippen LogP contribution in [-0.4, -0.2) is 22.9 Å². The van der Waals surface area contributed by atoms with E-state index in [0.717, 1.165) is 30.0 Å². The molecule has 4 nitrogen and oxygen atoms in total. The number of aromatic nitrogens is 2. The van der Waals surface area contributed by atoms with Crippen LogP contribution in [0.25, 0.3) is 5.57 Å². The van der Waals surface area contributed by atoms with E-state index in [1.54, 1.807) is 37.6 Å². The van der Waals surface area contributed by atoms with E-state index in [-0.39, 0.29) is 5.78 Å². The molecular formula is C17H16N2O2. The van der Waals surface area contributed by atoms with Gasteiger partial charge < -0.3 is 9.72 Å². The van der Waals surface area contributed by atoms with Gasteiger partial charge in [0.15, 0.2) is 0 Å².